The van der Waals surface area contributed by atoms with Crippen LogP contribution in [-0.4, -0.2) is 60.9 Å². The van der Waals surface area contributed by atoms with Crippen molar-refractivity contribution in [2.45, 2.75) is 30.1 Å². The molecule has 0 aliphatic rings. The quantitative estimate of drug-likeness (QED) is 0.457. The van der Waals surface area contributed by atoms with Gasteiger partial charge in [0.1, 0.15) is 11.5 Å². The van der Waals surface area contributed by atoms with Crippen LogP contribution in [0, 0.1) is 0 Å². The van der Waals surface area contributed by atoms with Crippen LogP contribution >= 0.6 is 0 Å². The molecule has 0 heterocycles. The van der Waals surface area contributed by atoms with Gasteiger partial charge in [-0.15, -0.1) is 0 Å². The Labute approximate surface area is 195 Å². The molecule has 0 fully saturated rings. The minimum atomic E-state index is -3.80. The summed E-state index contributed by atoms with van der Waals surface area (Å²) < 4.78 is 64.2. The molecule has 0 bridgehead atoms. The Bertz CT molecular complexity index is 1160. The third-order valence-corrected chi connectivity index (χ3v) is 8.32. The number of sulfonamides is 2. The van der Waals surface area contributed by atoms with Crippen LogP contribution in [0.1, 0.15) is 20.3 Å². The fraction of sp³-hybridized carbons (Fsp3) is 0.381. The Morgan fingerprint density at radius 1 is 0.909 bits per heavy atom. The average Bonchev–Trinajstić information content (AvgIpc) is 2.79. The highest BCUT2D eigenvalue weighted by atomic mass is 32.2. The highest BCUT2D eigenvalue weighted by Crippen LogP contribution is 2.29. The predicted octanol–water partition coefficient (Wildman–Crippen LogP) is 2.04. The van der Waals surface area contributed by atoms with Gasteiger partial charge in [0.15, 0.2) is 0 Å². The van der Waals surface area contributed by atoms with Crippen LogP contribution in [0.5, 0.6) is 11.5 Å². The molecular weight excluding hydrogens is 470 g/mol. The van der Waals surface area contributed by atoms with E-state index in [4.69, 9.17) is 9.47 Å². The van der Waals surface area contributed by atoms with Gasteiger partial charge in [0.2, 0.25) is 26.0 Å². The first-order valence-electron chi connectivity index (χ1n) is 10.2. The highest BCUT2D eigenvalue weighted by molar-refractivity contribution is 7.89. The number of hydrogen-bond acceptors (Lipinski definition) is 7. The fourth-order valence-electron chi connectivity index (χ4n) is 3.01. The maximum atomic E-state index is 12.8. The fourth-order valence-corrected chi connectivity index (χ4v) is 5.52. The Morgan fingerprint density at radius 3 is 2.06 bits per heavy atom. The second-order valence-electron chi connectivity index (χ2n) is 6.82. The topological polar surface area (TPSA) is 131 Å². The number of nitrogens with zero attached hydrogens (tertiary/aromatic N) is 1. The lowest BCUT2D eigenvalue weighted by Gasteiger charge is -2.19. The van der Waals surface area contributed by atoms with Crippen molar-refractivity contribution in [1.82, 2.24) is 9.03 Å². The lowest BCUT2D eigenvalue weighted by atomic mass is 10.2. The second-order valence-corrected chi connectivity index (χ2v) is 10.5. The molecule has 0 atom stereocenters. The summed E-state index contributed by atoms with van der Waals surface area (Å²) in [6.07, 6.45) is -0.175. The van der Waals surface area contributed by atoms with Gasteiger partial charge in [-0.2, -0.15) is 4.31 Å². The number of benzene rings is 2. The number of amides is 1. The molecule has 182 valence electrons. The zero-order valence-electron chi connectivity index (χ0n) is 19.0. The number of hydrogen-bond donors (Lipinski definition) is 2. The molecule has 0 aromatic heterocycles. The first kappa shape index (κ1) is 26.6. The van der Waals surface area contributed by atoms with Crippen molar-refractivity contribution in [3.63, 3.8) is 0 Å². The maximum Gasteiger partial charge on any atom is 0.243 e. The second kappa shape index (κ2) is 11.5. The lowest BCUT2D eigenvalue weighted by molar-refractivity contribution is -0.116. The largest absolute Gasteiger partial charge is 0.497 e. The van der Waals surface area contributed by atoms with Gasteiger partial charge in [0, 0.05) is 26.1 Å². The molecule has 0 aliphatic heterocycles. The van der Waals surface area contributed by atoms with Gasteiger partial charge in [-0.25, -0.2) is 21.6 Å². The van der Waals surface area contributed by atoms with E-state index in [1.54, 1.807) is 13.8 Å². The molecule has 0 radical (unpaired) electrons. The first-order valence-corrected chi connectivity index (χ1v) is 13.1. The third-order valence-electron chi connectivity index (χ3n) is 4.80. The van der Waals surface area contributed by atoms with Gasteiger partial charge in [-0.3, -0.25) is 4.79 Å². The van der Waals surface area contributed by atoms with Crippen LogP contribution in [0.4, 0.5) is 5.69 Å². The van der Waals surface area contributed by atoms with Crippen LogP contribution in [0.2, 0.25) is 0 Å². The van der Waals surface area contributed by atoms with Gasteiger partial charge < -0.3 is 14.8 Å². The van der Waals surface area contributed by atoms with Crippen molar-refractivity contribution in [3.8, 4) is 11.5 Å². The number of nitrogens with one attached hydrogen (secondary N) is 2. The van der Waals surface area contributed by atoms with E-state index < -0.39 is 26.0 Å². The molecule has 0 aliphatic carbocycles. The van der Waals surface area contributed by atoms with Crippen LogP contribution in [0.15, 0.2) is 52.3 Å². The molecule has 0 spiro atoms. The van der Waals surface area contributed by atoms with Crippen LogP contribution in [0.25, 0.3) is 0 Å². The molecule has 0 saturated carbocycles. The summed E-state index contributed by atoms with van der Waals surface area (Å²) in [5.41, 5.74) is 0.175. The Kier molecular flexibility index (Phi) is 9.23. The van der Waals surface area contributed by atoms with E-state index in [2.05, 4.69) is 10.0 Å². The number of rotatable bonds is 12. The minimum absolute atomic E-state index is 0.0162. The molecule has 2 rings (SSSR count). The third kappa shape index (κ3) is 6.67. The van der Waals surface area contributed by atoms with Gasteiger partial charge in [-0.05, 0) is 42.5 Å². The van der Waals surface area contributed by atoms with Crippen LogP contribution in [-0.2, 0) is 24.8 Å². The first-order chi connectivity index (χ1) is 15.6. The summed E-state index contributed by atoms with van der Waals surface area (Å²) in [6.45, 7) is 3.93. The summed E-state index contributed by atoms with van der Waals surface area (Å²) in [7, 11) is -4.66. The Balaban J connectivity index is 2.08. The monoisotopic (exact) mass is 499 g/mol. The SMILES string of the molecule is CCN(CC)S(=O)(=O)c1ccc(OC)c(NC(=O)CCNS(=O)(=O)c2ccc(OC)cc2)c1. The normalized spacial score (nSPS) is 11.9. The molecule has 0 unspecified atom stereocenters. The van der Waals surface area contributed by atoms with Gasteiger partial charge >= 0.3 is 0 Å². The molecule has 2 aromatic carbocycles. The van der Waals surface area contributed by atoms with E-state index in [0.717, 1.165) is 0 Å². The van der Waals surface area contributed by atoms with E-state index in [9.17, 15) is 21.6 Å². The minimum Gasteiger partial charge on any atom is -0.497 e. The number of carbonyl (C=O) groups is 1. The summed E-state index contributed by atoms with van der Waals surface area (Å²) in [5.74, 6) is 0.288. The summed E-state index contributed by atoms with van der Waals surface area (Å²) in [5, 5.41) is 2.59. The number of anilines is 1. The van der Waals surface area contributed by atoms with Crippen LogP contribution < -0.4 is 19.5 Å². The number of ether oxygens (including phenoxy) is 2. The zero-order chi connectivity index (χ0) is 24.6. The van der Waals surface area contributed by atoms with Gasteiger partial charge in [-0.1, -0.05) is 13.8 Å². The average molecular weight is 500 g/mol. The molecule has 10 nitrogen and oxygen atoms in total. The molecular formula is C21H29N3O7S2. The van der Waals surface area contributed by atoms with Crippen molar-refractivity contribution >= 4 is 31.6 Å². The zero-order valence-corrected chi connectivity index (χ0v) is 20.6. The van der Waals surface area contributed by atoms with Crippen molar-refractivity contribution in [2.24, 2.45) is 0 Å². The molecule has 33 heavy (non-hydrogen) atoms. The Hall–Kier alpha value is -2.67. The van der Waals surface area contributed by atoms with Gasteiger partial charge in [0.05, 0.1) is 29.7 Å². The molecule has 1 amide bonds. The summed E-state index contributed by atoms with van der Waals surface area (Å²) in [4.78, 5) is 12.5. The molecule has 12 heteroatoms. The van der Waals surface area contributed by atoms with E-state index >= 15 is 0 Å². The van der Waals surface area contributed by atoms with E-state index in [0.29, 0.717) is 18.8 Å². The summed E-state index contributed by atoms with van der Waals surface area (Å²) >= 11 is 0. The molecule has 2 aromatic rings. The van der Waals surface area contributed by atoms with Gasteiger partial charge in [0.25, 0.3) is 0 Å². The van der Waals surface area contributed by atoms with E-state index in [-0.39, 0.29) is 34.2 Å². The molecule has 0 saturated heterocycles. The lowest BCUT2D eigenvalue weighted by Crippen LogP contribution is -2.30. The number of methoxy groups -OCH3 is 2. The van der Waals surface area contributed by atoms with Crippen LogP contribution in [0.3, 0.4) is 0 Å². The molecule has 2 N–H and O–H groups in total. The van der Waals surface area contributed by atoms with Crippen molar-refractivity contribution in [2.75, 3.05) is 39.2 Å². The smallest absolute Gasteiger partial charge is 0.243 e. The predicted molar refractivity (Wildman–Crippen MR) is 125 cm³/mol. The standard InChI is InChI=1S/C21H29N3O7S2/c1-5-24(6-2)33(28,29)18-11-12-20(31-4)19(15-18)23-21(25)13-14-22-32(26,27)17-9-7-16(30-3)8-10-17/h7-12,15,22H,5-6,13-14H2,1-4H3,(H,23,25). The maximum absolute atomic E-state index is 12.8. The van der Waals surface area contributed by atoms with E-state index in [1.165, 1.54) is 61.0 Å². The van der Waals surface area contributed by atoms with Crippen molar-refractivity contribution in [1.29, 1.82) is 0 Å². The highest BCUT2D eigenvalue weighted by Gasteiger charge is 2.23. The van der Waals surface area contributed by atoms with E-state index in [1.807, 2.05) is 0 Å². The Morgan fingerprint density at radius 2 is 1.52 bits per heavy atom. The van der Waals surface area contributed by atoms with Crippen molar-refractivity contribution < 1.29 is 31.1 Å². The summed E-state index contributed by atoms with van der Waals surface area (Å²) in [6, 6.07) is 10.0. The van der Waals surface area contributed by atoms with Crippen molar-refractivity contribution in [3.05, 3.63) is 42.5 Å². The number of carbonyl (C=O) groups excluding carboxylic acids is 1.